The summed E-state index contributed by atoms with van der Waals surface area (Å²) in [5.41, 5.74) is 1.85. The lowest BCUT2D eigenvalue weighted by Gasteiger charge is -2.05. The molecule has 0 N–H and O–H groups in total. The number of allylic oxidation sites excluding steroid dienone is 1. The number of rotatable bonds is 7. The van der Waals surface area contributed by atoms with Crippen molar-refractivity contribution in [2.75, 3.05) is 0 Å². The predicted octanol–water partition coefficient (Wildman–Crippen LogP) is 4.67. The Bertz CT molecular complexity index is 990. The quantitative estimate of drug-likeness (QED) is 0.350. The summed E-state index contributed by atoms with van der Waals surface area (Å²) in [4.78, 5) is 0. The van der Waals surface area contributed by atoms with Crippen LogP contribution >= 0.6 is 11.8 Å². The largest absolute Gasteiger partial charge is 0.461 e. The Hall–Kier alpha value is -3.06. The zero-order chi connectivity index (χ0) is 17.8. The summed E-state index contributed by atoms with van der Waals surface area (Å²) < 4.78 is 12.9. The van der Waals surface area contributed by atoms with Crippen LogP contribution < -0.4 is 0 Å². The molecule has 130 valence electrons. The highest BCUT2D eigenvalue weighted by atomic mass is 32.2. The van der Waals surface area contributed by atoms with Gasteiger partial charge in [-0.15, -0.1) is 16.8 Å². The molecule has 0 aliphatic carbocycles. The second-order valence-electron chi connectivity index (χ2n) is 5.52. The minimum atomic E-state index is 0.594. The van der Waals surface area contributed by atoms with E-state index in [-0.39, 0.29) is 0 Å². The first-order chi connectivity index (χ1) is 12.8. The van der Waals surface area contributed by atoms with Crippen LogP contribution in [0.5, 0.6) is 0 Å². The maximum atomic E-state index is 5.45. The Morgan fingerprint density at radius 2 is 2.00 bits per heavy atom. The van der Waals surface area contributed by atoms with E-state index in [0.29, 0.717) is 23.9 Å². The first kappa shape index (κ1) is 16.4. The third-order valence-corrected chi connectivity index (χ3v) is 4.73. The predicted molar refractivity (Wildman–Crippen MR) is 99.4 cm³/mol. The Kier molecular flexibility index (Phi) is 4.70. The molecule has 0 fully saturated rings. The summed E-state index contributed by atoms with van der Waals surface area (Å²) in [6.07, 6.45) is 3.43. The number of thioether (sulfide) groups is 1. The molecule has 0 saturated heterocycles. The first-order valence-corrected chi connectivity index (χ1v) is 9.05. The molecule has 0 spiro atoms. The smallest absolute Gasteiger partial charge is 0.200 e. The molecule has 1 aromatic carbocycles. The van der Waals surface area contributed by atoms with E-state index in [1.807, 2.05) is 59.2 Å². The monoisotopic (exact) mass is 364 g/mol. The second kappa shape index (κ2) is 7.45. The molecule has 6 nitrogen and oxygen atoms in total. The van der Waals surface area contributed by atoms with Crippen molar-refractivity contribution in [1.82, 2.24) is 19.9 Å². The standard InChI is InChI=1S/C19H16N4O2S/c1-2-10-23-18(17-9-6-11-24-17)20-21-19(23)26-13-15-12-16(22-25-15)14-7-4-3-5-8-14/h2-9,11-12H,1,10,13H2. The Balaban J connectivity index is 1.52. The molecule has 0 amide bonds. The molecule has 0 aliphatic heterocycles. The van der Waals surface area contributed by atoms with Crippen LogP contribution in [0.3, 0.4) is 0 Å². The summed E-state index contributed by atoms with van der Waals surface area (Å²) in [5.74, 6) is 2.74. The van der Waals surface area contributed by atoms with Gasteiger partial charge in [0.25, 0.3) is 0 Å². The van der Waals surface area contributed by atoms with Crippen molar-refractivity contribution in [2.45, 2.75) is 17.5 Å². The number of nitrogens with zero attached hydrogens (tertiary/aromatic N) is 4. The molecular formula is C19H16N4O2S. The van der Waals surface area contributed by atoms with E-state index < -0.39 is 0 Å². The third kappa shape index (κ3) is 3.34. The lowest BCUT2D eigenvalue weighted by atomic mass is 10.1. The molecule has 3 heterocycles. The van der Waals surface area contributed by atoms with Crippen LogP contribution in [0.2, 0.25) is 0 Å². The van der Waals surface area contributed by atoms with Crippen molar-refractivity contribution in [2.24, 2.45) is 0 Å². The van der Waals surface area contributed by atoms with Gasteiger partial charge in [-0.05, 0) is 12.1 Å². The maximum absolute atomic E-state index is 5.45. The zero-order valence-electron chi connectivity index (χ0n) is 13.9. The molecule has 0 atom stereocenters. The van der Waals surface area contributed by atoms with Gasteiger partial charge in [0.05, 0.1) is 12.0 Å². The third-order valence-electron chi connectivity index (χ3n) is 3.74. The number of hydrogen-bond acceptors (Lipinski definition) is 6. The molecule has 0 saturated carbocycles. The molecule has 0 unspecified atom stereocenters. The fourth-order valence-electron chi connectivity index (χ4n) is 2.54. The van der Waals surface area contributed by atoms with Crippen molar-refractivity contribution < 1.29 is 8.94 Å². The molecule has 0 bridgehead atoms. The van der Waals surface area contributed by atoms with Gasteiger partial charge in [0.1, 0.15) is 11.5 Å². The summed E-state index contributed by atoms with van der Waals surface area (Å²) in [6.45, 7) is 4.40. The molecular weight excluding hydrogens is 348 g/mol. The molecule has 3 aromatic heterocycles. The molecule has 4 aromatic rings. The van der Waals surface area contributed by atoms with E-state index in [2.05, 4.69) is 21.9 Å². The molecule has 26 heavy (non-hydrogen) atoms. The van der Waals surface area contributed by atoms with Crippen LogP contribution in [0.25, 0.3) is 22.8 Å². The Morgan fingerprint density at radius 3 is 2.77 bits per heavy atom. The minimum absolute atomic E-state index is 0.594. The summed E-state index contributed by atoms with van der Waals surface area (Å²) in [6, 6.07) is 15.6. The normalized spacial score (nSPS) is 10.9. The van der Waals surface area contributed by atoms with E-state index >= 15 is 0 Å². The van der Waals surface area contributed by atoms with Gasteiger partial charge in [-0.25, -0.2) is 0 Å². The summed E-state index contributed by atoms with van der Waals surface area (Å²) >= 11 is 1.53. The lowest BCUT2D eigenvalue weighted by Crippen LogP contribution is -2.00. The van der Waals surface area contributed by atoms with Gasteiger partial charge in [-0.2, -0.15) is 0 Å². The average molecular weight is 364 g/mol. The van der Waals surface area contributed by atoms with Crippen molar-refractivity contribution in [3.05, 3.63) is 73.2 Å². The summed E-state index contributed by atoms with van der Waals surface area (Å²) in [5, 5.41) is 13.4. The van der Waals surface area contributed by atoms with Crippen LogP contribution in [-0.2, 0) is 12.3 Å². The average Bonchev–Trinajstić information content (AvgIpc) is 3.42. The van der Waals surface area contributed by atoms with Crippen LogP contribution in [0, 0.1) is 0 Å². The SMILES string of the molecule is C=CCn1c(SCc2cc(-c3ccccc3)no2)nnc1-c1ccco1. The van der Waals surface area contributed by atoms with Crippen molar-refractivity contribution in [3.8, 4) is 22.8 Å². The van der Waals surface area contributed by atoms with Gasteiger partial charge < -0.3 is 8.94 Å². The minimum Gasteiger partial charge on any atom is -0.461 e. The Morgan fingerprint density at radius 1 is 1.12 bits per heavy atom. The number of aromatic nitrogens is 4. The first-order valence-electron chi connectivity index (χ1n) is 8.07. The van der Waals surface area contributed by atoms with Gasteiger partial charge >= 0.3 is 0 Å². The van der Waals surface area contributed by atoms with Crippen LogP contribution in [0.15, 0.2) is 81.5 Å². The topological polar surface area (TPSA) is 69.9 Å². The van der Waals surface area contributed by atoms with Gasteiger partial charge in [0, 0.05) is 18.2 Å². The van der Waals surface area contributed by atoms with Crippen LogP contribution in [-0.4, -0.2) is 19.9 Å². The van der Waals surface area contributed by atoms with E-state index in [1.54, 1.807) is 6.26 Å². The van der Waals surface area contributed by atoms with Crippen LogP contribution in [0.4, 0.5) is 0 Å². The van der Waals surface area contributed by atoms with Gasteiger partial charge in [-0.1, -0.05) is 53.3 Å². The second-order valence-corrected chi connectivity index (χ2v) is 6.46. The van der Waals surface area contributed by atoms with Gasteiger partial charge in [-0.3, -0.25) is 4.57 Å². The van der Waals surface area contributed by atoms with Gasteiger partial charge in [0.15, 0.2) is 10.9 Å². The Labute approximate surface area is 154 Å². The van der Waals surface area contributed by atoms with E-state index in [0.717, 1.165) is 22.2 Å². The molecule has 0 aliphatic rings. The number of furan rings is 1. The highest BCUT2D eigenvalue weighted by Crippen LogP contribution is 2.28. The maximum Gasteiger partial charge on any atom is 0.200 e. The fraction of sp³-hybridized carbons (Fsp3) is 0.105. The van der Waals surface area contributed by atoms with Crippen molar-refractivity contribution in [1.29, 1.82) is 0 Å². The molecule has 7 heteroatoms. The van der Waals surface area contributed by atoms with Crippen molar-refractivity contribution in [3.63, 3.8) is 0 Å². The van der Waals surface area contributed by atoms with E-state index in [1.165, 1.54) is 11.8 Å². The summed E-state index contributed by atoms with van der Waals surface area (Å²) in [7, 11) is 0. The van der Waals surface area contributed by atoms with E-state index in [4.69, 9.17) is 8.94 Å². The van der Waals surface area contributed by atoms with E-state index in [9.17, 15) is 0 Å². The number of benzene rings is 1. The highest BCUT2D eigenvalue weighted by Gasteiger charge is 2.16. The zero-order valence-corrected chi connectivity index (χ0v) is 14.7. The highest BCUT2D eigenvalue weighted by molar-refractivity contribution is 7.98. The number of hydrogen-bond donors (Lipinski definition) is 0. The fourth-order valence-corrected chi connectivity index (χ4v) is 3.36. The van der Waals surface area contributed by atoms with Crippen molar-refractivity contribution >= 4 is 11.8 Å². The molecule has 0 radical (unpaired) electrons. The lowest BCUT2D eigenvalue weighted by molar-refractivity contribution is 0.397. The van der Waals surface area contributed by atoms with Gasteiger partial charge in [0.2, 0.25) is 5.82 Å². The van der Waals surface area contributed by atoms with Crippen LogP contribution in [0.1, 0.15) is 5.76 Å². The molecule has 4 rings (SSSR count).